The molecule has 0 saturated carbocycles. The van der Waals surface area contributed by atoms with Crippen LogP contribution in [-0.2, 0) is 0 Å². The molecule has 0 aromatic heterocycles. The van der Waals surface area contributed by atoms with Gasteiger partial charge in [-0.3, -0.25) is 0 Å². The van der Waals surface area contributed by atoms with E-state index in [-0.39, 0.29) is 24.0 Å². The molecule has 5 heteroatoms. The van der Waals surface area contributed by atoms with E-state index in [2.05, 4.69) is 96.1 Å². The predicted octanol–water partition coefficient (Wildman–Crippen LogP) is 1.20. The number of likely N-dealkylation sites (N-methyl/N-ethyl adjacent to an activating group) is 2. The number of piperazine rings is 2. The van der Waals surface area contributed by atoms with E-state index in [1.165, 1.54) is 74.8 Å². The summed E-state index contributed by atoms with van der Waals surface area (Å²) < 4.78 is 1.29. The molecule has 0 aliphatic carbocycles. The summed E-state index contributed by atoms with van der Waals surface area (Å²) in [5.74, 6) is 0. The van der Waals surface area contributed by atoms with Crippen LogP contribution in [0.4, 0.5) is 11.4 Å². The lowest BCUT2D eigenvalue weighted by atomic mass is 10.2. The molecule has 4 nitrogen and oxygen atoms in total. The summed E-state index contributed by atoms with van der Waals surface area (Å²) in [6.07, 6.45) is 0. The first kappa shape index (κ1) is 25.9. The fourth-order valence-electron chi connectivity index (χ4n) is 4.60. The van der Waals surface area contributed by atoms with Crippen molar-refractivity contribution in [2.24, 2.45) is 0 Å². The van der Waals surface area contributed by atoms with E-state index in [1.54, 1.807) is 0 Å². The normalized spacial score (nSPS) is 18.5. The van der Waals surface area contributed by atoms with Crippen LogP contribution < -0.4 is 33.8 Å². The number of halogens is 1. The maximum atomic E-state index is 2.52. The smallest absolute Gasteiger partial charge is 0.0965 e. The molecular weight excluding hydrogens is 495 g/mol. The minimum Gasteiger partial charge on any atom is -1.00 e. The summed E-state index contributed by atoms with van der Waals surface area (Å²) >= 11 is 0. The lowest BCUT2D eigenvalue weighted by molar-refractivity contribution is -0.925. The first-order valence-corrected chi connectivity index (χ1v) is 11.9. The molecule has 2 aromatic rings. The van der Waals surface area contributed by atoms with Crippen LogP contribution in [0.3, 0.4) is 0 Å². The lowest BCUT2D eigenvalue weighted by Gasteiger charge is -2.44. The number of para-hydroxylation sites is 2. The molecule has 0 spiro atoms. The Balaban J connectivity index is 0.000000215. The van der Waals surface area contributed by atoms with Gasteiger partial charge in [0, 0.05) is 37.6 Å². The average molecular weight is 537 g/mol. The van der Waals surface area contributed by atoms with Gasteiger partial charge in [-0.15, -0.1) is 0 Å². The monoisotopic (exact) mass is 536 g/mol. The number of benzene rings is 2. The summed E-state index contributed by atoms with van der Waals surface area (Å²) in [4.78, 5) is 7.48. The van der Waals surface area contributed by atoms with Gasteiger partial charge in [0.25, 0.3) is 0 Å². The molecule has 2 heterocycles. The first-order chi connectivity index (χ1) is 14.7. The zero-order valence-electron chi connectivity index (χ0n) is 19.7. The van der Waals surface area contributed by atoms with Gasteiger partial charge in [-0.05, 0) is 44.7 Å². The van der Waals surface area contributed by atoms with Gasteiger partial charge in [0.05, 0.1) is 39.3 Å². The Labute approximate surface area is 207 Å². The van der Waals surface area contributed by atoms with Crippen molar-refractivity contribution in [2.45, 2.75) is 20.8 Å². The Morgan fingerprint density at radius 3 is 1.42 bits per heavy atom. The van der Waals surface area contributed by atoms with Crippen molar-refractivity contribution in [3.63, 3.8) is 0 Å². The molecule has 0 bridgehead atoms. The molecule has 2 aliphatic rings. The van der Waals surface area contributed by atoms with Crippen LogP contribution in [0.1, 0.15) is 20.8 Å². The first-order valence-electron chi connectivity index (χ1n) is 11.9. The Hall–Kier alpha value is -1.31. The Bertz CT molecular complexity index is 703. The third-order valence-electron chi connectivity index (χ3n) is 7.09. The van der Waals surface area contributed by atoms with Gasteiger partial charge in [-0.25, -0.2) is 0 Å². The van der Waals surface area contributed by atoms with Gasteiger partial charge in [0.15, 0.2) is 0 Å². The predicted molar refractivity (Wildman–Crippen MR) is 131 cm³/mol. The van der Waals surface area contributed by atoms with Crippen LogP contribution in [0.2, 0.25) is 0 Å². The van der Waals surface area contributed by atoms with E-state index in [9.17, 15) is 0 Å². The number of quaternary nitrogens is 1. The topological polar surface area (TPSA) is 9.72 Å². The SMILES string of the molecule is CCN1CCN(c2ccccc2)CC1.CC[N+]1(CC)CCN(c2ccccc2)CC1.[I-]. The van der Waals surface area contributed by atoms with Crippen molar-refractivity contribution >= 4 is 11.4 Å². The highest BCUT2D eigenvalue weighted by Crippen LogP contribution is 2.19. The van der Waals surface area contributed by atoms with E-state index < -0.39 is 0 Å². The maximum Gasteiger partial charge on any atom is 0.0965 e. The van der Waals surface area contributed by atoms with E-state index in [0.29, 0.717) is 0 Å². The van der Waals surface area contributed by atoms with Gasteiger partial charge in [0.1, 0.15) is 0 Å². The van der Waals surface area contributed by atoms with Crippen LogP contribution in [0.15, 0.2) is 60.7 Å². The van der Waals surface area contributed by atoms with E-state index in [4.69, 9.17) is 0 Å². The van der Waals surface area contributed by atoms with Gasteiger partial charge >= 0.3 is 0 Å². The molecule has 2 saturated heterocycles. The summed E-state index contributed by atoms with van der Waals surface area (Å²) in [7, 11) is 0. The van der Waals surface area contributed by atoms with Gasteiger partial charge < -0.3 is 43.2 Å². The zero-order chi connectivity index (χ0) is 21.2. The molecule has 172 valence electrons. The molecule has 0 radical (unpaired) electrons. The lowest BCUT2D eigenvalue weighted by Crippen LogP contribution is -3.00. The highest BCUT2D eigenvalue weighted by Gasteiger charge is 2.29. The number of nitrogens with zero attached hydrogens (tertiary/aromatic N) is 4. The molecule has 0 amide bonds. The molecule has 0 atom stereocenters. The van der Waals surface area contributed by atoms with Crippen molar-refractivity contribution in [1.29, 1.82) is 0 Å². The highest BCUT2D eigenvalue weighted by atomic mass is 127. The van der Waals surface area contributed by atoms with E-state index >= 15 is 0 Å². The Morgan fingerprint density at radius 1 is 0.613 bits per heavy atom. The highest BCUT2D eigenvalue weighted by molar-refractivity contribution is 5.47. The van der Waals surface area contributed by atoms with E-state index in [0.717, 1.165) is 13.1 Å². The fourth-order valence-corrected chi connectivity index (χ4v) is 4.60. The largest absolute Gasteiger partial charge is 1.00 e. The summed E-state index contributed by atoms with van der Waals surface area (Å²) in [5, 5.41) is 0. The zero-order valence-corrected chi connectivity index (χ0v) is 21.9. The average Bonchev–Trinajstić information content (AvgIpc) is 2.85. The van der Waals surface area contributed by atoms with Crippen LogP contribution in [0.5, 0.6) is 0 Å². The van der Waals surface area contributed by atoms with Crippen LogP contribution >= 0.6 is 0 Å². The van der Waals surface area contributed by atoms with Crippen LogP contribution in [0.25, 0.3) is 0 Å². The molecule has 0 unspecified atom stereocenters. The number of hydrogen-bond acceptors (Lipinski definition) is 3. The van der Waals surface area contributed by atoms with Gasteiger partial charge in [-0.2, -0.15) is 0 Å². The third-order valence-corrected chi connectivity index (χ3v) is 7.09. The second kappa shape index (κ2) is 13.3. The molecular formula is C26H41IN4. The minimum atomic E-state index is 0. The molecule has 2 fully saturated rings. The quantitative estimate of drug-likeness (QED) is 0.420. The van der Waals surface area contributed by atoms with E-state index in [1.807, 2.05) is 0 Å². The minimum absolute atomic E-state index is 0. The maximum absolute atomic E-state index is 2.52. The second-order valence-electron chi connectivity index (χ2n) is 8.50. The summed E-state index contributed by atoms with van der Waals surface area (Å²) in [5.41, 5.74) is 2.75. The van der Waals surface area contributed by atoms with Crippen LogP contribution in [0, 0.1) is 0 Å². The van der Waals surface area contributed by atoms with Crippen molar-refractivity contribution in [3.8, 4) is 0 Å². The standard InChI is InChI=1S/C14H23N2.C12H18N2.HI/c1-3-16(4-2)12-10-15(11-13-16)14-8-6-5-7-9-14;1-2-13-8-10-14(11-9-13)12-6-4-3-5-7-12;/h5-9H,3-4,10-13H2,1-2H3;3-7H,2,8-11H2,1H3;1H/q+1;;/p-1. The number of anilines is 2. The van der Waals surface area contributed by atoms with Crippen molar-refractivity contribution in [3.05, 3.63) is 60.7 Å². The Morgan fingerprint density at radius 2 is 1.03 bits per heavy atom. The fraction of sp³-hybridized carbons (Fsp3) is 0.538. The molecule has 2 aliphatic heterocycles. The van der Waals surface area contributed by atoms with Crippen LogP contribution in [-0.4, -0.2) is 81.4 Å². The van der Waals surface area contributed by atoms with Gasteiger partial charge in [-0.1, -0.05) is 43.3 Å². The van der Waals surface area contributed by atoms with Crippen molar-refractivity contribution in [1.82, 2.24) is 4.90 Å². The molecule has 0 N–H and O–H groups in total. The Kier molecular flexibility index (Phi) is 11.1. The third kappa shape index (κ3) is 7.36. The summed E-state index contributed by atoms with van der Waals surface area (Å²) in [6.45, 7) is 20.3. The summed E-state index contributed by atoms with van der Waals surface area (Å²) in [6, 6.07) is 21.5. The van der Waals surface area contributed by atoms with Gasteiger partial charge in [0.2, 0.25) is 0 Å². The van der Waals surface area contributed by atoms with Crippen molar-refractivity contribution < 1.29 is 28.5 Å². The molecule has 2 aromatic carbocycles. The molecule has 31 heavy (non-hydrogen) atoms. The number of hydrogen-bond donors (Lipinski definition) is 0. The van der Waals surface area contributed by atoms with Crippen molar-refractivity contribution in [2.75, 3.05) is 81.8 Å². The molecule has 4 rings (SSSR count). The number of rotatable bonds is 5. The second-order valence-corrected chi connectivity index (χ2v) is 8.50.